The smallest absolute Gasteiger partial charge is 0.124 e. The average molecular weight is 299 g/mol. The molecular formula is C18H21NO3. The fraction of sp³-hybridized carbons (Fsp3) is 0.278. The molecule has 4 heteroatoms. The second-order valence-electron chi connectivity index (χ2n) is 4.99. The van der Waals surface area contributed by atoms with Crippen LogP contribution in [0.5, 0.6) is 11.5 Å². The molecule has 0 radical (unpaired) electrons. The lowest BCUT2D eigenvalue weighted by Crippen LogP contribution is -2.14. The molecule has 2 aromatic carbocycles. The fourth-order valence-electron chi connectivity index (χ4n) is 2.12. The first-order valence-electron chi connectivity index (χ1n) is 7.36. The van der Waals surface area contributed by atoms with E-state index in [4.69, 9.17) is 4.74 Å². The van der Waals surface area contributed by atoms with E-state index in [1.807, 2.05) is 37.3 Å². The van der Waals surface area contributed by atoms with Gasteiger partial charge in [-0.25, -0.2) is 0 Å². The zero-order chi connectivity index (χ0) is 15.8. The molecule has 116 valence electrons. The van der Waals surface area contributed by atoms with E-state index >= 15 is 0 Å². The summed E-state index contributed by atoms with van der Waals surface area (Å²) in [6, 6.07) is 14.8. The summed E-state index contributed by atoms with van der Waals surface area (Å²) >= 11 is 0. The van der Waals surface area contributed by atoms with Gasteiger partial charge in [0.2, 0.25) is 0 Å². The second kappa shape index (κ2) is 8.20. The number of aliphatic hydroxyl groups excluding tert-OH is 1. The average Bonchev–Trinajstić information content (AvgIpc) is 2.51. The van der Waals surface area contributed by atoms with Crippen LogP contribution in [-0.4, -0.2) is 35.7 Å². The summed E-state index contributed by atoms with van der Waals surface area (Å²) in [6.45, 7) is 2.75. The monoisotopic (exact) mass is 299 g/mol. The van der Waals surface area contributed by atoms with Crippen molar-refractivity contribution >= 4 is 6.21 Å². The quantitative estimate of drug-likeness (QED) is 0.773. The van der Waals surface area contributed by atoms with Gasteiger partial charge in [-0.2, -0.15) is 0 Å². The molecule has 0 aliphatic carbocycles. The molecule has 0 aliphatic rings. The van der Waals surface area contributed by atoms with E-state index in [0.29, 0.717) is 24.3 Å². The molecule has 0 spiro atoms. The number of ether oxygens (including phenoxy) is 1. The minimum Gasteiger partial charge on any atom is -0.507 e. The lowest BCUT2D eigenvalue weighted by molar-refractivity contribution is 0.184. The Kier molecular flexibility index (Phi) is 5.98. The van der Waals surface area contributed by atoms with Gasteiger partial charge in [-0.05, 0) is 30.7 Å². The summed E-state index contributed by atoms with van der Waals surface area (Å²) in [7, 11) is 0. The van der Waals surface area contributed by atoms with Gasteiger partial charge in [0.1, 0.15) is 11.5 Å². The Bertz CT molecular complexity index is 611. The fourth-order valence-corrected chi connectivity index (χ4v) is 2.12. The summed E-state index contributed by atoms with van der Waals surface area (Å²) < 4.78 is 5.39. The molecule has 1 atom stereocenters. The van der Waals surface area contributed by atoms with E-state index in [1.54, 1.807) is 24.4 Å². The zero-order valence-electron chi connectivity index (χ0n) is 12.6. The van der Waals surface area contributed by atoms with E-state index in [-0.39, 0.29) is 12.3 Å². The molecule has 22 heavy (non-hydrogen) atoms. The summed E-state index contributed by atoms with van der Waals surface area (Å²) in [6.07, 6.45) is 1.57. The van der Waals surface area contributed by atoms with Crippen molar-refractivity contribution in [2.24, 2.45) is 4.99 Å². The number of phenolic OH excluding ortho intramolecular Hbond substituents is 1. The molecule has 0 heterocycles. The van der Waals surface area contributed by atoms with Crippen molar-refractivity contribution in [1.29, 1.82) is 0 Å². The Morgan fingerprint density at radius 1 is 1.18 bits per heavy atom. The Hall–Kier alpha value is -2.33. The number of aliphatic imine (C=N–C) groups is 1. The molecule has 2 rings (SSSR count). The zero-order valence-corrected chi connectivity index (χ0v) is 12.6. The van der Waals surface area contributed by atoms with Crippen LogP contribution in [0.3, 0.4) is 0 Å². The highest BCUT2D eigenvalue weighted by molar-refractivity contribution is 5.84. The summed E-state index contributed by atoms with van der Waals surface area (Å²) in [5.74, 6) is 0.830. The van der Waals surface area contributed by atoms with Crippen LogP contribution in [0.25, 0.3) is 0 Å². The van der Waals surface area contributed by atoms with Gasteiger partial charge < -0.3 is 14.9 Å². The molecule has 2 aromatic rings. The maximum absolute atomic E-state index is 9.99. The normalized spacial score (nSPS) is 12.5. The van der Waals surface area contributed by atoms with Crippen LogP contribution in [0.15, 0.2) is 53.5 Å². The van der Waals surface area contributed by atoms with Crippen LogP contribution in [0.2, 0.25) is 0 Å². The highest BCUT2D eigenvalue weighted by Crippen LogP contribution is 2.21. The lowest BCUT2D eigenvalue weighted by atomic mass is 10.1. The van der Waals surface area contributed by atoms with E-state index in [1.165, 1.54) is 0 Å². The van der Waals surface area contributed by atoms with E-state index < -0.39 is 6.10 Å². The van der Waals surface area contributed by atoms with Crippen LogP contribution in [0, 0.1) is 0 Å². The van der Waals surface area contributed by atoms with Gasteiger partial charge in [0.15, 0.2) is 0 Å². The van der Waals surface area contributed by atoms with E-state index in [9.17, 15) is 10.2 Å². The standard InChI is InChI=1S/C18H21NO3/c1-2-22-17-8-9-18(21)15(11-17)12-19-13-16(20)10-14-6-4-3-5-7-14/h3-9,11-12,16,20-21H,2,10,13H2,1H3. The first kappa shape index (κ1) is 16.0. The minimum atomic E-state index is -0.545. The van der Waals surface area contributed by atoms with Gasteiger partial charge in [0.05, 0.1) is 19.3 Å². The van der Waals surface area contributed by atoms with E-state index in [0.717, 1.165) is 5.56 Å². The third-order valence-electron chi connectivity index (χ3n) is 3.17. The maximum Gasteiger partial charge on any atom is 0.124 e. The van der Waals surface area contributed by atoms with Crippen LogP contribution in [0.4, 0.5) is 0 Å². The van der Waals surface area contributed by atoms with Gasteiger partial charge >= 0.3 is 0 Å². The third-order valence-corrected chi connectivity index (χ3v) is 3.17. The highest BCUT2D eigenvalue weighted by Gasteiger charge is 2.05. The molecular weight excluding hydrogens is 278 g/mol. The molecule has 0 amide bonds. The largest absolute Gasteiger partial charge is 0.507 e. The number of rotatable bonds is 7. The Labute approximate surface area is 130 Å². The molecule has 0 fully saturated rings. The third kappa shape index (κ3) is 4.90. The predicted molar refractivity (Wildman–Crippen MR) is 87.9 cm³/mol. The van der Waals surface area contributed by atoms with Gasteiger partial charge in [-0.1, -0.05) is 30.3 Å². The molecule has 0 saturated carbocycles. The Balaban J connectivity index is 1.93. The van der Waals surface area contributed by atoms with Crippen LogP contribution < -0.4 is 4.74 Å². The minimum absolute atomic E-state index is 0.143. The Morgan fingerprint density at radius 2 is 1.95 bits per heavy atom. The second-order valence-corrected chi connectivity index (χ2v) is 4.99. The van der Waals surface area contributed by atoms with Gasteiger partial charge in [0.25, 0.3) is 0 Å². The van der Waals surface area contributed by atoms with Crippen LogP contribution in [0.1, 0.15) is 18.1 Å². The number of hydrogen-bond acceptors (Lipinski definition) is 4. The first-order valence-corrected chi connectivity index (χ1v) is 7.36. The molecule has 0 saturated heterocycles. The van der Waals surface area contributed by atoms with Gasteiger partial charge in [0, 0.05) is 18.2 Å². The van der Waals surface area contributed by atoms with Gasteiger partial charge in [-0.3, -0.25) is 4.99 Å². The SMILES string of the molecule is CCOc1ccc(O)c(C=NCC(O)Cc2ccccc2)c1. The lowest BCUT2D eigenvalue weighted by Gasteiger charge is -2.08. The van der Waals surface area contributed by atoms with E-state index in [2.05, 4.69) is 4.99 Å². The van der Waals surface area contributed by atoms with Crippen molar-refractivity contribution in [1.82, 2.24) is 0 Å². The molecule has 0 aliphatic heterocycles. The van der Waals surface area contributed by atoms with Crippen LogP contribution in [-0.2, 0) is 6.42 Å². The molecule has 4 nitrogen and oxygen atoms in total. The number of aromatic hydroxyl groups is 1. The number of aliphatic hydroxyl groups is 1. The molecule has 0 aromatic heterocycles. The number of nitrogens with zero attached hydrogens (tertiary/aromatic N) is 1. The Morgan fingerprint density at radius 3 is 2.68 bits per heavy atom. The number of phenols is 1. The van der Waals surface area contributed by atoms with Crippen molar-refractivity contribution in [3.63, 3.8) is 0 Å². The van der Waals surface area contributed by atoms with Crippen molar-refractivity contribution in [3.8, 4) is 11.5 Å². The maximum atomic E-state index is 9.99. The highest BCUT2D eigenvalue weighted by atomic mass is 16.5. The summed E-state index contributed by atoms with van der Waals surface area (Å²) in [5.41, 5.74) is 1.66. The van der Waals surface area contributed by atoms with Crippen molar-refractivity contribution in [3.05, 3.63) is 59.7 Å². The summed E-state index contributed by atoms with van der Waals surface area (Å²) in [4.78, 5) is 4.21. The number of benzene rings is 2. The number of hydrogen-bond donors (Lipinski definition) is 2. The van der Waals surface area contributed by atoms with Crippen LogP contribution >= 0.6 is 0 Å². The van der Waals surface area contributed by atoms with Crippen molar-refractivity contribution in [2.45, 2.75) is 19.4 Å². The molecule has 2 N–H and O–H groups in total. The van der Waals surface area contributed by atoms with Gasteiger partial charge in [-0.15, -0.1) is 0 Å². The first-order chi connectivity index (χ1) is 10.7. The predicted octanol–water partition coefficient (Wildman–Crippen LogP) is 2.81. The summed E-state index contributed by atoms with van der Waals surface area (Å²) in [5, 5.41) is 19.8. The van der Waals surface area contributed by atoms with Crippen molar-refractivity contribution in [2.75, 3.05) is 13.2 Å². The topological polar surface area (TPSA) is 62.0 Å². The van der Waals surface area contributed by atoms with Crippen molar-refractivity contribution < 1.29 is 14.9 Å². The molecule has 1 unspecified atom stereocenters. The molecule has 0 bridgehead atoms.